The molecule has 1 aliphatic heterocycles. The molecule has 0 radical (unpaired) electrons. The molecule has 1 aliphatic rings. The number of nitrogens with one attached hydrogen (secondary N) is 1. The Labute approximate surface area is 125 Å². The Balaban J connectivity index is 2.40. The van der Waals surface area contributed by atoms with E-state index >= 15 is 0 Å². The maximum atomic E-state index is 11.8. The molecule has 1 rings (SSSR count). The first kappa shape index (κ1) is 17.3. The van der Waals surface area contributed by atoms with Gasteiger partial charge in [-0.1, -0.05) is 13.8 Å². The summed E-state index contributed by atoms with van der Waals surface area (Å²) in [7, 11) is 0. The minimum Gasteiger partial charge on any atom is -0.481 e. The molecule has 1 heterocycles. The van der Waals surface area contributed by atoms with Gasteiger partial charge in [0.2, 0.25) is 5.91 Å². The lowest BCUT2D eigenvalue weighted by molar-refractivity contribution is -0.139. The van der Waals surface area contributed by atoms with Crippen molar-refractivity contribution in [1.82, 2.24) is 5.32 Å². The molecular formula is C14H26N2O3S. The van der Waals surface area contributed by atoms with Gasteiger partial charge in [-0.15, -0.1) is 0 Å². The molecule has 4 N–H and O–H groups in total. The highest BCUT2D eigenvalue weighted by molar-refractivity contribution is 8.01. The number of rotatable bonds is 7. The number of hydrogen-bond donors (Lipinski definition) is 3. The van der Waals surface area contributed by atoms with Crippen LogP contribution in [0.4, 0.5) is 0 Å². The molecule has 116 valence electrons. The van der Waals surface area contributed by atoms with Gasteiger partial charge in [0.05, 0.1) is 12.5 Å². The number of aliphatic carboxylic acids is 1. The lowest BCUT2D eigenvalue weighted by Crippen LogP contribution is -2.51. The summed E-state index contributed by atoms with van der Waals surface area (Å²) >= 11 is 2.00. The Morgan fingerprint density at radius 2 is 1.90 bits per heavy atom. The van der Waals surface area contributed by atoms with Gasteiger partial charge >= 0.3 is 5.97 Å². The van der Waals surface area contributed by atoms with E-state index < -0.39 is 12.0 Å². The third kappa shape index (κ3) is 4.98. The van der Waals surface area contributed by atoms with E-state index in [2.05, 4.69) is 19.2 Å². The number of carbonyl (C=O) groups is 2. The van der Waals surface area contributed by atoms with E-state index in [4.69, 9.17) is 10.8 Å². The van der Waals surface area contributed by atoms with E-state index in [0.29, 0.717) is 16.4 Å². The van der Waals surface area contributed by atoms with Gasteiger partial charge in [-0.3, -0.25) is 9.59 Å². The third-order valence-corrected chi connectivity index (χ3v) is 5.49. The Morgan fingerprint density at radius 3 is 2.35 bits per heavy atom. The van der Waals surface area contributed by atoms with Crippen LogP contribution >= 0.6 is 11.8 Å². The first-order valence-electron chi connectivity index (χ1n) is 7.07. The highest BCUT2D eigenvalue weighted by atomic mass is 32.2. The molecule has 6 heteroatoms. The average molecular weight is 302 g/mol. The number of carboxylic acid groups (broad SMARTS) is 1. The first-order valence-corrected chi connectivity index (χ1v) is 8.01. The quantitative estimate of drug-likeness (QED) is 0.664. The summed E-state index contributed by atoms with van der Waals surface area (Å²) in [6.45, 7) is 8.40. The van der Waals surface area contributed by atoms with Crippen LogP contribution in [0.3, 0.4) is 0 Å². The number of amides is 1. The molecule has 0 aromatic heterocycles. The van der Waals surface area contributed by atoms with E-state index in [1.165, 1.54) is 0 Å². The molecule has 0 aliphatic carbocycles. The minimum atomic E-state index is -1.06. The fourth-order valence-corrected chi connectivity index (χ4v) is 4.15. The van der Waals surface area contributed by atoms with Crippen LogP contribution in [0.15, 0.2) is 0 Å². The van der Waals surface area contributed by atoms with Crippen molar-refractivity contribution < 1.29 is 14.7 Å². The summed E-state index contributed by atoms with van der Waals surface area (Å²) in [6, 6.07) is -0.983. The molecule has 0 saturated carbocycles. The standard InChI is InChI=1S/C14H26N2O3S/c1-8-10(9(2)20-8)5-6-14(3,4)16-13(19)11(15)7-12(17)18/h8-11H,5-7,15H2,1-4H3,(H,16,19)(H,17,18)/t8?,9?,10?,11-/m0/s1. The van der Waals surface area contributed by atoms with Gasteiger partial charge < -0.3 is 16.2 Å². The Kier molecular flexibility index (Phi) is 5.89. The SMILES string of the molecule is CC1SC(C)C1CCC(C)(C)NC(=O)[C@@H](N)CC(=O)O. The zero-order chi connectivity index (χ0) is 15.5. The molecule has 1 saturated heterocycles. The van der Waals surface area contributed by atoms with Gasteiger partial charge in [-0.25, -0.2) is 0 Å². The molecule has 2 unspecified atom stereocenters. The molecule has 1 amide bonds. The van der Waals surface area contributed by atoms with Crippen LogP contribution in [0.5, 0.6) is 0 Å². The van der Waals surface area contributed by atoms with Gasteiger partial charge in [-0.2, -0.15) is 11.8 Å². The monoisotopic (exact) mass is 302 g/mol. The van der Waals surface area contributed by atoms with Crippen molar-refractivity contribution in [2.45, 2.75) is 69.0 Å². The molecular weight excluding hydrogens is 276 g/mol. The maximum absolute atomic E-state index is 11.8. The van der Waals surface area contributed by atoms with Crippen LogP contribution in [0.2, 0.25) is 0 Å². The Bertz CT molecular complexity index is 365. The second kappa shape index (κ2) is 6.80. The maximum Gasteiger partial charge on any atom is 0.305 e. The zero-order valence-corrected chi connectivity index (χ0v) is 13.5. The second-order valence-corrected chi connectivity index (χ2v) is 8.09. The van der Waals surface area contributed by atoms with Gasteiger partial charge in [-0.05, 0) is 32.6 Å². The molecule has 0 aromatic carbocycles. The van der Waals surface area contributed by atoms with Gasteiger partial charge in [0.15, 0.2) is 0 Å². The fraction of sp³-hybridized carbons (Fsp3) is 0.857. The summed E-state index contributed by atoms with van der Waals surface area (Å²) in [5.74, 6) is -0.745. The van der Waals surface area contributed by atoms with Crippen molar-refractivity contribution in [2.24, 2.45) is 11.7 Å². The van der Waals surface area contributed by atoms with Crippen molar-refractivity contribution >= 4 is 23.6 Å². The predicted octanol–water partition coefficient (Wildman–Crippen LogP) is 1.60. The second-order valence-electron chi connectivity index (χ2n) is 6.33. The van der Waals surface area contributed by atoms with E-state index in [-0.39, 0.29) is 17.9 Å². The molecule has 5 nitrogen and oxygen atoms in total. The number of carboxylic acids is 1. The van der Waals surface area contributed by atoms with Crippen LogP contribution < -0.4 is 11.1 Å². The van der Waals surface area contributed by atoms with Crippen molar-refractivity contribution in [1.29, 1.82) is 0 Å². The Hall–Kier alpha value is -0.750. The largest absolute Gasteiger partial charge is 0.481 e. The molecule has 3 atom stereocenters. The summed E-state index contributed by atoms with van der Waals surface area (Å²) in [4.78, 5) is 22.4. The summed E-state index contributed by atoms with van der Waals surface area (Å²) in [5.41, 5.74) is 5.21. The summed E-state index contributed by atoms with van der Waals surface area (Å²) in [6.07, 6.45) is 1.60. The van der Waals surface area contributed by atoms with Crippen LogP contribution in [0.1, 0.15) is 47.0 Å². The molecule has 20 heavy (non-hydrogen) atoms. The third-order valence-electron chi connectivity index (χ3n) is 3.93. The van der Waals surface area contributed by atoms with Crippen molar-refractivity contribution in [2.75, 3.05) is 0 Å². The average Bonchev–Trinajstić information content (AvgIpc) is 2.26. The number of hydrogen-bond acceptors (Lipinski definition) is 4. The summed E-state index contributed by atoms with van der Waals surface area (Å²) < 4.78 is 0. The highest BCUT2D eigenvalue weighted by Gasteiger charge is 2.36. The Morgan fingerprint density at radius 1 is 1.35 bits per heavy atom. The zero-order valence-electron chi connectivity index (χ0n) is 12.7. The van der Waals surface area contributed by atoms with Gasteiger partial charge in [0.25, 0.3) is 0 Å². The lowest BCUT2D eigenvalue weighted by Gasteiger charge is -2.42. The topological polar surface area (TPSA) is 92.4 Å². The summed E-state index contributed by atoms with van der Waals surface area (Å²) in [5, 5.41) is 12.9. The van der Waals surface area contributed by atoms with Gasteiger partial charge in [0, 0.05) is 16.0 Å². The molecule has 1 fully saturated rings. The van der Waals surface area contributed by atoms with Crippen molar-refractivity contribution in [3.8, 4) is 0 Å². The number of carbonyl (C=O) groups excluding carboxylic acids is 1. The van der Waals surface area contributed by atoms with Gasteiger partial charge in [0.1, 0.15) is 0 Å². The lowest BCUT2D eigenvalue weighted by atomic mass is 9.88. The van der Waals surface area contributed by atoms with Crippen LogP contribution in [-0.4, -0.2) is 39.1 Å². The minimum absolute atomic E-state index is 0.338. The fourth-order valence-electron chi connectivity index (χ4n) is 2.60. The van der Waals surface area contributed by atoms with Crippen molar-refractivity contribution in [3.63, 3.8) is 0 Å². The predicted molar refractivity (Wildman–Crippen MR) is 81.7 cm³/mol. The molecule has 0 bridgehead atoms. The number of thioether (sulfide) groups is 1. The molecule has 0 spiro atoms. The van der Waals surface area contributed by atoms with Crippen LogP contribution in [-0.2, 0) is 9.59 Å². The number of nitrogens with two attached hydrogens (primary N) is 1. The van der Waals surface area contributed by atoms with Crippen molar-refractivity contribution in [3.05, 3.63) is 0 Å². The van der Waals surface area contributed by atoms with E-state index in [1.807, 2.05) is 25.6 Å². The normalized spacial score (nSPS) is 27.6. The van der Waals surface area contributed by atoms with Crippen LogP contribution in [0, 0.1) is 5.92 Å². The van der Waals surface area contributed by atoms with E-state index in [9.17, 15) is 9.59 Å². The van der Waals surface area contributed by atoms with E-state index in [0.717, 1.165) is 12.8 Å². The molecule has 0 aromatic rings. The van der Waals surface area contributed by atoms with E-state index in [1.54, 1.807) is 0 Å². The first-order chi connectivity index (χ1) is 9.12. The highest BCUT2D eigenvalue weighted by Crippen LogP contribution is 2.44. The smallest absolute Gasteiger partial charge is 0.305 e. The van der Waals surface area contributed by atoms with Crippen LogP contribution in [0.25, 0.3) is 0 Å².